The van der Waals surface area contributed by atoms with Crippen molar-refractivity contribution in [2.45, 2.75) is 39.5 Å². The summed E-state index contributed by atoms with van der Waals surface area (Å²) in [7, 11) is 0. The fraction of sp³-hybridized carbons (Fsp3) is 0.370. The van der Waals surface area contributed by atoms with Gasteiger partial charge in [0.25, 0.3) is 5.91 Å². The van der Waals surface area contributed by atoms with Crippen molar-refractivity contribution in [3.8, 4) is 0 Å². The van der Waals surface area contributed by atoms with Crippen molar-refractivity contribution < 1.29 is 19.1 Å². The van der Waals surface area contributed by atoms with Crippen LogP contribution in [0.25, 0.3) is 0 Å². The van der Waals surface area contributed by atoms with Gasteiger partial charge in [0.1, 0.15) is 0 Å². The number of ether oxygens (including phenoxy) is 1. The van der Waals surface area contributed by atoms with Crippen molar-refractivity contribution >= 4 is 23.8 Å². The van der Waals surface area contributed by atoms with Crippen molar-refractivity contribution in [2.24, 2.45) is 0 Å². The molecule has 0 radical (unpaired) electrons. The largest absolute Gasteiger partial charge is 0.379 e. The highest BCUT2D eigenvalue weighted by atomic mass is 16.5. The topological polar surface area (TPSA) is 99.8 Å². The highest BCUT2D eigenvalue weighted by Crippen LogP contribution is 2.30. The first-order chi connectivity index (χ1) is 16.9. The molecular formula is C27H32N4O4. The summed E-state index contributed by atoms with van der Waals surface area (Å²) in [5.74, 6) is -0.724. The predicted molar refractivity (Wildman–Crippen MR) is 134 cm³/mol. The molecule has 3 N–H and O–H groups in total. The van der Waals surface area contributed by atoms with E-state index in [1.165, 1.54) is 0 Å². The first-order valence-corrected chi connectivity index (χ1v) is 11.9. The fourth-order valence-corrected chi connectivity index (χ4v) is 4.42. The number of rotatable bonds is 8. The van der Waals surface area contributed by atoms with Crippen LogP contribution in [-0.4, -0.2) is 55.3 Å². The van der Waals surface area contributed by atoms with Gasteiger partial charge in [-0.1, -0.05) is 35.9 Å². The number of ketones is 1. The van der Waals surface area contributed by atoms with E-state index in [9.17, 15) is 14.4 Å². The minimum atomic E-state index is -0.400. The van der Waals surface area contributed by atoms with E-state index in [-0.39, 0.29) is 23.9 Å². The van der Waals surface area contributed by atoms with E-state index in [4.69, 9.17) is 4.74 Å². The van der Waals surface area contributed by atoms with Gasteiger partial charge in [-0.25, -0.2) is 0 Å². The second-order valence-corrected chi connectivity index (χ2v) is 9.08. The van der Waals surface area contributed by atoms with Crippen molar-refractivity contribution in [1.82, 2.24) is 15.5 Å². The van der Waals surface area contributed by atoms with E-state index in [0.717, 1.165) is 35.3 Å². The molecule has 1 fully saturated rings. The summed E-state index contributed by atoms with van der Waals surface area (Å²) in [6, 6.07) is 11.5. The molecule has 2 amide bonds. The summed E-state index contributed by atoms with van der Waals surface area (Å²) >= 11 is 0. The Bertz CT molecular complexity index is 1120. The van der Waals surface area contributed by atoms with E-state index in [0.29, 0.717) is 44.0 Å². The van der Waals surface area contributed by atoms with E-state index >= 15 is 0 Å². The van der Waals surface area contributed by atoms with Gasteiger partial charge in [0, 0.05) is 44.3 Å². The Balaban J connectivity index is 1.61. The molecule has 2 aromatic rings. The summed E-state index contributed by atoms with van der Waals surface area (Å²) in [4.78, 5) is 40.0. The van der Waals surface area contributed by atoms with E-state index in [1.54, 1.807) is 6.08 Å². The smallest absolute Gasteiger partial charge is 0.255 e. The summed E-state index contributed by atoms with van der Waals surface area (Å²) in [6.07, 6.45) is 2.32. The predicted octanol–water partition coefficient (Wildman–Crippen LogP) is 2.31. The zero-order chi connectivity index (χ0) is 24.8. The van der Waals surface area contributed by atoms with Crippen LogP contribution in [0.4, 0.5) is 5.69 Å². The molecule has 1 saturated heterocycles. The molecule has 2 aromatic carbocycles. The van der Waals surface area contributed by atoms with Crippen LogP contribution in [0.3, 0.4) is 0 Å². The maximum absolute atomic E-state index is 13.7. The summed E-state index contributed by atoms with van der Waals surface area (Å²) in [6.45, 7) is 8.17. The zero-order valence-corrected chi connectivity index (χ0v) is 20.2. The third kappa shape index (κ3) is 6.15. The lowest BCUT2D eigenvalue weighted by Crippen LogP contribution is -2.35. The molecule has 0 aromatic heterocycles. The molecule has 0 aliphatic carbocycles. The van der Waals surface area contributed by atoms with Crippen LogP contribution in [0.5, 0.6) is 0 Å². The highest BCUT2D eigenvalue weighted by Gasteiger charge is 2.28. The first-order valence-electron chi connectivity index (χ1n) is 11.9. The first kappa shape index (κ1) is 24.6. The van der Waals surface area contributed by atoms with Gasteiger partial charge in [-0.15, -0.1) is 0 Å². The second-order valence-electron chi connectivity index (χ2n) is 9.08. The van der Waals surface area contributed by atoms with Crippen molar-refractivity contribution in [3.05, 3.63) is 75.9 Å². The summed E-state index contributed by atoms with van der Waals surface area (Å²) < 4.78 is 5.44. The van der Waals surface area contributed by atoms with Gasteiger partial charge in [0.2, 0.25) is 6.41 Å². The van der Waals surface area contributed by atoms with Crippen molar-refractivity contribution in [1.29, 1.82) is 0 Å². The number of hydrogen-bond donors (Lipinski definition) is 3. The number of carbonyl (C=O) groups is 3. The number of nitrogens with zero attached hydrogens (tertiary/aromatic N) is 1. The van der Waals surface area contributed by atoms with Gasteiger partial charge in [-0.2, -0.15) is 0 Å². The normalized spacial score (nSPS) is 18.1. The van der Waals surface area contributed by atoms with Crippen molar-refractivity contribution in [2.75, 3.05) is 31.6 Å². The number of amides is 2. The number of carbonyl (C=O) groups excluding carboxylic acids is 3. The zero-order valence-electron chi connectivity index (χ0n) is 20.2. The SMILES string of the molecule is Cc1ccc(CNC(=O)C2=CC(C)Nc3c(CNC=O)cc(CN4CCOCC4)cc3C2=O)cc1. The minimum absolute atomic E-state index is 0.119. The molecule has 2 aliphatic rings. The van der Waals surface area contributed by atoms with Crippen LogP contribution in [0.15, 0.2) is 48.0 Å². The average Bonchev–Trinajstić information content (AvgIpc) is 2.99. The lowest BCUT2D eigenvalue weighted by Gasteiger charge is -2.27. The lowest BCUT2D eigenvalue weighted by atomic mass is 9.95. The molecular weight excluding hydrogens is 444 g/mol. The minimum Gasteiger partial charge on any atom is -0.379 e. The number of benzene rings is 2. The van der Waals surface area contributed by atoms with Crippen LogP contribution in [0.2, 0.25) is 0 Å². The van der Waals surface area contributed by atoms with Crippen molar-refractivity contribution in [3.63, 3.8) is 0 Å². The second kappa shape index (κ2) is 11.3. The summed E-state index contributed by atoms with van der Waals surface area (Å²) in [5.41, 5.74) is 5.09. The Labute approximate surface area is 205 Å². The van der Waals surface area contributed by atoms with E-state index < -0.39 is 5.91 Å². The quantitative estimate of drug-likeness (QED) is 0.400. The Kier molecular flexibility index (Phi) is 7.94. The molecule has 184 valence electrons. The Hall–Kier alpha value is -3.49. The van der Waals surface area contributed by atoms with E-state index in [1.807, 2.05) is 50.2 Å². The maximum atomic E-state index is 13.7. The molecule has 2 heterocycles. The summed E-state index contributed by atoms with van der Waals surface area (Å²) in [5, 5.41) is 8.96. The highest BCUT2D eigenvalue weighted by molar-refractivity contribution is 6.27. The average molecular weight is 477 g/mol. The van der Waals surface area contributed by atoms with Gasteiger partial charge in [-0.05, 0) is 42.7 Å². The Morgan fingerprint density at radius 2 is 1.89 bits per heavy atom. The number of anilines is 1. The standard InChI is InChI=1S/C27H32N4O4/c1-18-3-5-20(6-4-18)14-29-27(34)24-11-19(2)30-25-22(15-28-17-32)12-21(13-23(25)26(24)33)16-31-7-9-35-10-8-31/h3-6,11-13,17,19,30H,7-10,14-16H2,1-2H3,(H,28,32)(H,29,34). The third-order valence-electron chi connectivity index (χ3n) is 6.26. The molecule has 0 bridgehead atoms. The van der Waals surface area contributed by atoms with Gasteiger partial charge in [0.15, 0.2) is 5.78 Å². The molecule has 1 unspecified atom stereocenters. The number of fused-ring (bicyclic) bond motifs is 1. The maximum Gasteiger partial charge on any atom is 0.255 e. The third-order valence-corrected chi connectivity index (χ3v) is 6.26. The number of Topliss-reactive ketones (excluding diaryl/α,β-unsaturated/α-hetero) is 1. The number of hydrogen-bond acceptors (Lipinski definition) is 6. The Morgan fingerprint density at radius 1 is 1.14 bits per heavy atom. The molecule has 2 aliphatic heterocycles. The molecule has 0 spiro atoms. The van der Waals surface area contributed by atoms with Crippen LogP contribution in [0, 0.1) is 6.92 Å². The van der Waals surface area contributed by atoms with Gasteiger partial charge in [-0.3, -0.25) is 19.3 Å². The lowest BCUT2D eigenvalue weighted by molar-refractivity contribution is -0.117. The number of morpholine rings is 1. The molecule has 4 rings (SSSR count). The van der Waals surface area contributed by atoms with Gasteiger partial charge >= 0.3 is 0 Å². The number of nitrogens with one attached hydrogen (secondary N) is 3. The van der Waals surface area contributed by atoms with Gasteiger partial charge in [0.05, 0.1) is 24.5 Å². The van der Waals surface area contributed by atoms with E-state index in [2.05, 4.69) is 20.9 Å². The Morgan fingerprint density at radius 3 is 2.60 bits per heavy atom. The molecule has 1 atom stereocenters. The van der Waals surface area contributed by atoms with Crippen LogP contribution in [0.1, 0.15) is 39.5 Å². The number of aryl methyl sites for hydroxylation is 1. The molecule has 35 heavy (non-hydrogen) atoms. The monoisotopic (exact) mass is 476 g/mol. The molecule has 0 saturated carbocycles. The molecule has 8 heteroatoms. The van der Waals surface area contributed by atoms with Crippen LogP contribution in [-0.2, 0) is 34.0 Å². The van der Waals surface area contributed by atoms with Crippen LogP contribution < -0.4 is 16.0 Å². The van der Waals surface area contributed by atoms with Gasteiger partial charge < -0.3 is 20.7 Å². The molecule has 8 nitrogen and oxygen atoms in total. The van der Waals surface area contributed by atoms with Crippen LogP contribution >= 0.6 is 0 Å². The fourth-order valence-electron chi connectivity index (χ4n) is 4.42.